The lowest BCUT2D eigenvalue weighted by Crippen LogP contribution is -1.78. The number of benzene rings is 3. The maximum absolute atomic E-state index is 9.22. The number of phenolic OH excluding ortho intramolecular Hbond substituents is 5. The molecule has 28 heavy (non-hydrogen) atoms. The van der Waals surface area contributed by atoms with Gasteiger partial charge in [-0.1, -0.05) is 18.2 Å². The summed E-state index contributed by atoms with van der Waals surface area (Å²) in [5.74, 6) is 1.30. The van der Waals surface area contributed by atoms with Gasteiger partial charge in [0.05, 0.1) is 0 Å². The zero-order valence-corrected chi connectivity index (χ0v) is 16.9. The molecular weight excluding hydrogens is 356 g/mol. The van der Waals surface area contributed by atoms with Crippen molar-refractivity contribution in [1.29, 1.82) is 0 Å². The third-order valence-electron chi connectivity index (χ3n) is 4.07. The molecule has 0 radical (unpaired) electrons. The highest BCUT2D eigenvalue weighted by Gasteiger charge is 2.01. The minimum atomic E-state index is 0.202. The van der Waals surface area contributed by atoms with E-state index in [0.717, 1.165) is 5.56 Å². The normalized spacial score (nSPS) is 9.61. The predicted octanol–water partition coefficient (Wildman–Crippen LogP) is 5.13. The summed E-state index contributed by atoms with van der Waals surface area (Å²) in [5.41, 5.74) is 3.75. The van der Waals surface area contributed by atoms with Crippen LogP contribution in [0.25, 0.3) is 0 Å². The molecule has 0 fully saturated rings. The van der Waals surface area contributed by atoms with Gasteiger partial charge in [-0.05, 0) is 92.8 Å². The first-order valence-corrected chi connectivity index (χ1v) is 8.75. The molecule has 0 atom stereocenters. The first-order chi connectivity index (χ1) is 13.0. The lowest BCUT2D eigenvalue weighted by Gasteiger charge is -2.02. The quantitative estimate of drug-likeness (QED) is 0.346. The standard InChI is InChI=1S/2C8H10O2.C7H8O/c2*1-5-3-7(9)4-6(2)8(5)10;1-6-4-2-3-5-7(6)8/h2*3-4,9-10H,1-2H3;2-5,8H,1H3. The average molecular weight is 384 g/mol. The van der Waals surface area contributed by atoms with Gasteiger partial charge in [0, 0.05) is 0 Å². The number of hydrogen-bond acceptors (Lipinski definition) is 5. The molecule has 0 aliphatic heterocycles. The molecule has 150 valence electrons. The smallest absolute Gasteiger partial charge is 0.121 e. The van der Waals surface area contributed by atoms with E-state index in [-0.39, 0.29) is 23.0 Å². The Morgan fingerprint density at radius 2 is 0.786 bits per heavy atom. The SMILES string of the molecule is Cc1cc(O)cc(C)c1O.Cc1cc(O)cc(C)c1O.Cc1ccccc1O. The van der Waals surface area contributed by atoms with E-state index in [0.29, 0.717) is 28.0 Å². The highest BCUT2D eigenvalue weighted by atomic mass is 16.3. The van der Waals surface area contributed by atoms with E-state index in [9.17, 15) is 10.2 Å². The number of aromatic hydroxyl groups is 5. The van der Waals surface area contributed by atoms with Crippen LogP contribution in [0.4, 0.5) is 0 Å². The molecule has 0 aromatic heterocycles. The van der Waals surface area contributed by atoms with Crippen molar-refractivity contribution in [2.45, 2.75) is 34.6 Å². The van der Waals surface area contributed by atoms with Crippen molar-refractivity contribution in [3.8, 4) is 28.7 Å². The van der Waals surface area contributed by atoms with Crippen molar-refractivity contribution < 1.29 is 25.5 Å². The fourth-order valence-corrected chi connectivity index (χ4v) is 2.43. The van der Waals surface area contributed by atoms with E-state index in [2.05, 4.69) is 0 Å². The lowest BCUT2D eigenvalue weighted by molar-refractivity contribution is 0.453. The largest absolute Gasteiger partial charge is 0.508 e. The molecule has 0 aliphatic rings. The van der Waals surface area contributed by atoms with E-state index in [1.807, 2.05) is 25.1 Å². The summed E-state index contributed by atoms with van der Waals surface area (Å²) in [6.45, 7) is 8.88. The van der Waals surface area contributed by atoms with Gasteiger partial charge in [0.25, 0.3) is 0 Å². The molecule has 5 nitrogen and oxygen atoms in total. The minimum Gasteiger partial charge on any atom is -0.508 e. The van der Waals surface area contributed by atoms with Crippen LogP contribution in [0.2, 0.25) is 0 Å². The Balaban J connectivity index is 0.000000212. The Labute approximate surface area is 165 Å². The number of rotatable bonds is 0. The van der Waals surface area contributed by atoms with Crippen LogP contribution >= 0.6 is 0 Å². The summed E-state index contributed by atoms with van der Waals surface area (Å²) >= 11 is 0. The Hall–Kier alpha value is -3.34. The third-order valence-corrected chi connectivity index (χ3v) is 4.07. The molecule has 0 aliphatic carbocycles. The summed E-state index contributed by atoms with van der Waals surface area (Å²) in [7, 11) is 0. The summed E-state index contributed by atoms with van der Waals surface area (Å²) in [6, 6.07) is 13.4. The van der Waals surface area contributed by atoms with Gasteiger partial charge >= 0.3 is 0 Å². The zero-order chi connectivity index (χ0) is 21.4. The first kappa shape index (κ1) is 22.7. The average Bonchev–Trinajstić information content (AvgIpc) is 2.61. The summed E-state index contributed by atoms with van der Waals surface area (Å²) in [5, 5.41) is 45.4. The van der Waals surface area contributed by atoms with Crippen LogP contribution < -0.4 is 0 Å². The monoisotopic (exact) mass is 384 g/mol. The number of para-hydroxylation sites is 1. The van der Waals surface area contributed by atoms with Gasteiger partial charge in [-0.15, -0.1) is 0 Å². The maximum Gasteiger partial charge on any atom is 0.121 e. The number of hydrogen-bond donors (Lipinski definition) is 5. The molecule has 0 heterocycles. The molecular formula is C23H28O5. The molecule has 0 spiro atoms. The molecule has 3 aromatic rings. The highest BCUT2D eigenvalue weighted by Crippen LogP contribution is 2.26. The summed E-state index contributed by atoms with van der Waals surface area (Å²) < 4.78 is 0. The van der Waals surface area contributed by atoms with Crippen molar-refractivity contribution in [1.82, 2.24) is 0 Å². The molecule has 5 N–H and O–H groups in total. The minimum absolute atomic E-state index is 0.202. The van der Waals surface area contributed by atoms with E-state index in [1.54, 1.807) is 33.8 Å². The fourth-order valence-electron chi connectivity index (χ4n) is 2.43. The Kier molecular flexibility index (Phi) is 8.20. The zero-order valence-electron chi connectivity index (χ0n) is 16.9. The van der Waals surface area contributed by atoms with Crippen LogP contribution in [0.5, 0.6) is 28.7 Å². The maximum atomic E-state index is 9.22. The van der Waals surface area contributed by atoms with Crippen LogP contribution in [0, 0.1) is 34.6 Å². The van der Waals surface area contributed by atoms with E-state index < -0.39 is 0 Å². The van der Waals surface area contributed by atoms with Crippen LogP contribution in [0.1, 0.15) is 27.8 Å². The van der Waals surface area contributed by atoms with E-state index >= 15 is 0 Å². The molecule has 0 unspecified atom stereocenters. The Morgan fingerprint density at radius 3 is 1.04 bits per heavy atom. The fraction of sp³-hybridized carbons (Fsp3) is 0.217. The number of phenols is 5. The molecule has 0 saturated carbocycles. The van der Waals surface area contributed by atoms with Crippen molar-refractivity contribution >= 4 is 0 Å². The molecule has 3 rings (SSSR count). The van der Waals surface area contributed by atoms with Crippen LogP contribution in [-0.2, 0) is 0 Å². The highest BCUT2D eigenvalue weighted by molar-refractivity contribution is 5.44. The van der Waals surface area contributed by atoms with Gasteiger partial charge in [0.1, 0.15) is 28.7 Å². The van der Waals surface area contributed by atoms with Crippen LogP contribution in [0.15, 0.2) is 48.5 Å². The van der Waals surface area contributed by atoms with Crippen LogP contribution in [0.3, 0.4) is 0 Å². The van der Waals surface area contributed by atoms with Crippen molar-refractivity contribution in [2.75, 3.05) is 0 Å². The van der Waals surface area contributed by atoms with E-state index in [4.69, 9.17) is 15.3 Å². The van der Waals surface area contributed by atoms with Gasteiger partial charge in [0.15, 0.2) is 0 Å². The first-order valence-electron chi connectivity index (χ1n) is 8.75. The summed E-state index contributed by atoms with van der Waals surface area (Å²) in [6.07, 6.45) is 0. The van der Waals surface area contributed by atoms with Gasteiger partial charge in [-0.25, -0.2) is 0 Å². The van der Waals surface area contributed by atoms with Crippen molar-refractivity contribution in [2.24, 2.45) is 0 Å². The van der Waals surface area contributed by atoms with Gasteiger partial charge < -0.3 is 25.5 Å². The molecule has 5 heteroatoms. The van der Waals surface area contributed by atoms with E-state index in [1.165, 1.54) is 24.3 Å². The third kappa shape index (κ3) is 6.76. The molecule has 0 saturated heterocycles. The van der Waals surface area contributed by atoms with Crippen molar-refractivity contribution in [3.63, 3.8) is 0 Å². The molecule has 3 aromatic carbocycles. The predicted molar refractivity (Wildman–Crippen MR) is 111 cm³/mol. The van der Waals surface area contributed by atoms with Gasteiger partial charge in [-0.3, -0.25) is 0 Å². The second-order valence-electron chi connectivity index (χ2n) is 6.64. The Bertz CT molecular complexity index is 810. The molecule has 0 bridgehead atoms. The number of aryl methyl sites for hydroxylation is 5. The summed E-state index contributed by atoms with van der Waals surface area (Å²) in [4.78, 5) is 0. The topological polar surface area (TPSA) is 101 Å². The second kappa shape index (κ2) is 10.1. The lowest BCUT2D eigenvalue weighted by atomic mass is 10.1. The second-order valence-corrected chi connectivity index (χ2v) is 6.64. The van der Waals surface area contributed by atoms with Crippen LogP contribution in [-0.4, -0.2) is 25.5 Å². The van der Waals surface area contributed by atoms with Gasteiger partial charge in [-0.2, -0.15) is 0 Å². The van der Waals surface area contributed by atoms with Crippen molar-refractivity contribution in [3.05, 3.63) is 76.3 Å². The Morgan fingerprint density at radius 1 is 0.464 bits per heavy atom. The van der Waals surface area contributed by atoms with Gasteiger partial charge in [0.2, 0.25) is 0 Å². The molecule has 0 amide bonds.